The summed E-state index contributed by atoms with van der Waals surface area (Å²) in [5.74, 6) is 2.28. The van der Waals surface area contributed by atoms with Crippen molar-refractivity contribution in [1.82, 2.24) is 4.90 Å². The van der Waals surface area contributed by atoms with Gasteiger partial charge in [-0.15, -0.1) is 0 Å². The Morgan fingerprint density at radius 3 is 2.40 bits per heavy atom. The molecule has 5 heteroatoms. The first kappa shape index (κ1) is 24.7. The second-order valence-electron chi connectivity index (χ2n) is 9.15. The monoisotopic (exact) mass is 418 g/mol. The van der Waals surface area contributed by atoms with Gasteiger partial charge in [-0.3, -0.25) is 9.69 Å². The summed E-state index contributed by atoms with van der Waals surface area (Å²) in [6.45, 7) is 15.1. The molecule has 1 aromatic rings. The van der Waals surface area contributed by atoms with Crippen molar-refractivity contribution in [2.75, 3.05) is 38.2 Å². The van der Waals surface area contributed by atoms with Gasteiger partial charge in [-0.05, 0) is 62.8 Å². The number of likely N-dealkylation sites (tertiary alicyclic amines) is 1. The van der Waals surface area contributed by atoms with Crippen molar-refractivity contribution in [2.24, 2.45) is 11.8 Å². The lowest BCUT2D eigenvalue weighted by atomic mass is 9.92. The highest BCUT2D eigenvalue weighted by molar-refractivity contribution is 5.97. The molecule has 0 radical (unpaired) electrons. The van der Waals surface area contributed by atoms with Crippen LogP contribution in [-0.4, -0.2) is 49.3 Å². The highest BCUT2D eigenvalue weighted by Crippen LogP contribution is 2.24. The Labute approximate surface area is 183 Å². The fraction of sp³-hybridized carbons (Fsp3) is 0.720. The second kappa shape index (κ2) is 12.3. The molecule has 170 valence electrons. The highest BCUT2D eigenvalue weighted by atomic mass is 16.5. The van der Waals surface area contributed by atoms with Crippen LogP contribution in [0.5, 0.6) is 5.75 Å². The summed E-state index contributed by atoms with van der Waals surface area (Å²) in [6, 6.07) is 7.64. The molecule has 3 atom stereocenters. The van der Waals surface area contributed by atoms with Crippen LogP contribution in [-0.2, 0) is 9.53 Å². The number of ether oxygens (including phenoxy) is 2. The molecule has 0 spiro atoms. The molecular weight excluding hydrogens is 376 g/mol. The maximum Gasteiger partial charge on any atom is 0.256 e. The zero-order chi connectivity index (χ0) is 22.0. The molecule has 5 nitrogen and oxygen atoms in total. The minimum absolute atomic E-state index is 0.0811. The highest BCUT2D eigenvalue weighted by Gasteiger charge is 2.33. The van der Waals surface area contributed by atoms with Crippen molar-refractivity contribution in [3.63, 3.8) is 0 Å². The van der Waals surface area contributed by atoms with Crippen LogP contribution in [0.1, 0.15) is 66.7 Å². The molecule has 1 aliphatic heterocycles. The molecule has 0 aliphatic carbocycles. The van der Waals surface area contributed by atoms with Gasteiger partial charge >= 0.3 is 0 Å². The molecule has 0 bridgehead atoms. The van der Waals surface area contributed by atoms with E-state index in [0.29, 0.717) is 13.2 Å². The summed E-state index contributed by atoms with van der Waals surface area (Å²) < 4.78 is 11.7. The van der Waals surface area contributed by atoms with Gasteiger partial charge in [0.05, 0.1) is 0 Å². The second-order valence-corrected chi connectivity index (χ2v) is 9.15. The number of carbonyl (C=O) groups excluding carboxylic acids is 1. The number of anilines is 1. The summed E-state index contributed by atoms with van der Waals surface area (Å²) in [6.07, 6.45) is 5.28. The Morgan fingerprint density at radius 1 is 1.13 bits per heavy atom. The maximum absolute atomic E-state index is 12.8. The van der Waals surface area contributed by atoms with Crippen molar-refractivity contribution in [1.29, 1.82) is 0 Å². The van der Waals surface area contributed by atoms with Crippen LogP contribution in [0.25, 0.3) is 0 Å². The van der Waals surface area contributed by atoms with Crippen LogP contribution < -0.4 is 10.1 Å². The largest absolute Gasteiger partial charge is 0.492 e. The molecular formula is C25H42N2O3. The summed E-state index contributed by atoms with van der Waals surface area (Å²) >= 11 is 0. The van der Waals surface area contributed by atoms with Crippen LogP contribution >= 0.6 is 0 Å². The lowest BCUT2D eigenvalue weighted by molar-refractivity contribution is -0.139. The van der Waals surface area contributed by atoms with Crippen molar-refractivity contribution in [3.05, 3.63) is 24.3 Å². The van der Waals surface area contributed by atoms with Crippen LogP contribution in [0.15, 0.2) is 24.3 Å². The summed E-state index contributed by atoms with van der Waals surface area (Å²) in [5.41, 5.74) is -0.0191. The zero-order valence-electron chi connectivity index (χ0n) is 19.7. The number of piperidine rings is 1. The van der Waals surface area contributed by atoms with Gasteiger partial charge in [0.15, 0.2) is 0 Å². The Balaban J connectivity index is 1.82. The molecule has 1 amide bonds. The van der Waals surface area contributed by atoms with Gasteiger partial charge in [0, 0.05) is 31.9 Å². The lowest BCUT2D eigenvalue weighted by Crippen LogP contribution is -2.42. The number of hydrogen-bond donors (Lipinski definition) is 1. The Morgan fingerprint density at radius 2 is 1.80 bits per heavy atom. The van der Waals surface area contributed by atoms with Gasteiger partial charge in [0.2, 0.25) is 0 Å². The average Bonchev–Trinajstić information content (AvgIpc) is 2.69. The fourth-order valence-corrected chi connectivity index (χ4v) is 4.45. The quantitative estimate of drug-likeness (QED) is 0.465. The van der Waals surface area contributed by atoms with Gasteiger partial charge < -0.3 is 14.8 Å². The number of nitrogens with zero attached hydrogens (tertiary/aromatic N) is 1. The first-order chi connectivity index (χ1) is 14.4. The molecule has 1 fully saturated rings. The van der Waals surface area contributed by atoms with Crippen molar-refractivity contribution >= 4 is 11.6 Å². The minimum atomic E-state index is -0.790. The molecule has 1 saturated heterocycles. The minimum Gasteiger partial charge on any atom is -0.492 e. The van der Waals surface area contributed by atoms with Crippen molar-refractivity contribution < 1.29 is 14.3 Å². The molecule has 1 aliphatic rings. The molecule has 3 unspecified atom stereocenters. The van der Waals surface area contributed by atoms with Crippen LogP contribution in [0.3, 0.4) is 0 Å². The van der Waals surface area contributed by atoms with Crippen molar-refractivity contribution in [2.45, 2.75) is 72.3 Å². The Kier molecular flexibility index (Phi) is 10.1. The zero-order valence-corrected chi connectivity index (χ0v) is 19.7. The number of rotatable bonds is 12. The van der Waals surface area contributed by atoms with Gasteiger partial charge in [-0.25, -0.2) is 0 Å². The third kappa shape index (κ3) is 7.92. The maximum atomic E-state index is 12.8. The predicted octanol–water partition coefficient (Wildman–Crippen LogP) is 5.36. The molecule has 1 heterocycles. The number of benzene rings is 1. The van der Waals surface area contributed by atoms with E-state index in [0.717, 1.165) is 68.6 Å². The van der Waals surface area contributed by atoms with Crippen LogP contribution in [0.2, 0.25) is 0 Å². The van der Waals surface area contributed by atoms with E-state index in [4.69, 9.17) is 9.47 Å². The summed E-state index contributed by atoms with van der Waals surface area (Å²) in [4.78, 5) is 15.3. The molecule has 1 aromatic carbocycles. The van der Waals surface area contributed by atoms with Crippen LogP contribution in [0, 0.1) is 11.8 Å². The van der Waals surface area contributed by atoms with E-state index in [2.05, 4.69) is 31.0 Å². The van der Waals surface area contributed by atoms with Gasteiger partial charge in [0.1, 0.15) is 18.0 Å². The van der Waals surface area contributed by atoms with E-state index in [9.17, 15) is 4.79 Å². The number of amides is 1. The first-order valence-electron chi connectivity index (χ1n) is 11.8. The standard InChI is InChI=1S/C25H42N2O3/c1-6-8-9-14-25(5,30-7-2)24(28)26-22-10-12-23(13-11-22)29-16-15-27-18-20(3)17-21(4)19-27/h10-13,20-21H,6-9,14-19H2,1-5H3,(H,26,28). The van der Waals surface area contributed by atoms with E-state index in [1.54, 1.807) is 0 Å². The van der Waals surface area contributed by atoms with Crippen LogP contribution in [0.4, 0.5) is 5.69 Å². The molecule has 0 aromatic heterocycles. The summed E-state index contributed by atoms with van der Waals surface area (Å²) in [5, 5.41) is 3.01. The van der Waals surface area contributed by atoms with Gasteiger partial charge in [-0.1, -0.05) is 40.0 Å². The van der Waals surface area contributed by atoms with Gasteiger partial charge in [-0.2, -0.15) is 0 Å². The lowest BCUT2D eigenvalue weighted by Gasteiger charge is -2.34. The Hall–Kier alpha value is -1.59. The SMILES string of the molecule is CCCCCC(C)(OCC)C(=O)Nc1ccc(OCCN2CC(C)CC(C)C2)cc1. The fourth-order valence-electron chi connectivity index (χ4n) is 4.45. The number of nitrogens with one attached hydrogen (secondary N) is 1. The molecule has 1 N–H and O–H groups in total. The number of hydrogen-bond acceptors (Lipinski definition) is 4. The molecule has 2 rings (SSSR count). The van der Waals surface area contributed by atoms with Crippen molar-refractivity contribution in [3.8, 4) is 5.75 Å². The summed E-state index contributed by atoms with van der Waals surface area (Å²) in [7, 11) is 0. The average molecular weight is 419 g/mol. The van der Waals surface area contributed by atoms with E-state index in [-0.39, 0.29) is 5.91 Å². The third-order valence-corrected chi connectivity index (χ3v) is 5.93. The smallest absolute Gasteiger partial charge is 0.256 e. The third-order valence-electron chi connectivity index (χ3n) is 5.93. The van der Waals surface area contributed by atoms with Gasteiger partial charge in [0.25, 0.3) is 5.91 Å². The molecule has 30 heavy (non-hydrogen) atoms. The number of carbonyl (C=O) groups is 1. The normalized spacial score (nSPS) is 21.8. The Bertz CT molecular complexity index is 624. The van der Waals surface area contributed by atoms with E-state index >= 15 is 0 Å². The predicted molar refractivity (Wildman–Crippen MR) is 124 cm³/mol. The van der Waals surface area contributed by atoms with E-state index in [1.807, 2.05) is 38.1 Å². The number of unbranched alkanes of at least 4 members (excludes halogenated alkanes) is 2. The topological polar surface area (TPSA) is 50.8 Å². The first-order valence-corrected chi connectivity index (χ1v) is 11.8. The molecule has 0 saturated carbocycles. The van der Waals surface area contributed by atoms with E-state index < -0.39 is 5.60 Å². The van der Waals surface area contributed by atoms with E-state index in [1.165, 1.54) is 6.42 Å².